The second-order valence-electron chi connectivity index (χ2n) is 9.70. The second kappa shape index (κ2) is 7.66. The molecule has 36 heavy (non-hydrogen) atoms. The highest BCUT2D eigenvalue weighted by Crippen LogP contribution is 2.53. The largest absolute Gasteiger partial charge is 0.454 e. The minimum Gasteiger partial charge on any atom is -0.454 e. The summed E-state index contributed by atoms with van der Waals surface area (Å²) in [6, 6.07) is 22.2. The molecule has 4 aliphatic heterocycles. The lowest BCUT2D eigenvalue weighted by molar-refractivity contribution is -0.143. The van der Waals surface area contributed by atoms with E-state index in [0.717, 1.165) is 11.1 Å². The van der Waals surface area contributed by atoms with Crippen molar-refractivity contribution in [2.75, 3.05) is 12.1 Å². The van der Waals surface area contributed by atoms with E-state index in [1.54, 1.807) is 12.1 Å². The van der Waals surface area contributed by atoms with Gasteiger partial charge in [-0.1, -0.05) is 54.6 Å². The molecular formula is C28H23N3O5. The van der Waals surface area contributed by atoms with E-state index in [1.807, 2.05) is 60.7 Å². The molecule has 0 radical (unpaired) electrons. The zero-order valence-electron chi connectivity index (χ0n) is 19.3. The number of amides is 3. The van der Waals surface area contributed by atoms with Crippen molar-refractivity contribution in [1.29, 1.82) is 0 Å². The first-order valence-corrected chi connectivity index (χ1v) is 12.0. The SMILES string of the molecule is O=C1C2C(Cc3ccccc3)NC3(C(=O)Nc4ccccc43)C2C(=O)N1Cc1ccc2c(c1)OCO2. The van der Waals surface area contributed by atoms with Crippen molar-refractivity contribution >= 4 is 23.4 Å². The molecule has 0 aliphatic carbocycles. The van der Waals surface area contributed by atoms with Crippen LogP contribution >= 0.6 is 0 Å². The molecule has 2 fully saturated rings. The number of carbonyl (C=O) groups is 3. The van der Waals surface area contributed by atoms with Crippen LogP contribution in [0.3, 0.4) is 0 Å². The molecule has 7 rings (SSSR count). The summed E-state index contributed by atoms with van der Waals surface area (Å²) < 4.78 is 10.9. The minimum absolute atomic E-state index is 0.110. The summed E-state index contributed by atoms with van der Waals surface area (Å²) in [5, 5.41) is 6.43. The van der Waals surface area contributed by atoms with Crippen molar-refractivity contribution in [2.24, 2.45) is 11.8 Å². The van der Waals surface area contributed by atoms with Crippen molar-refractivity contribution in [3.05, 3.63) is 89.5 Å². The van der Waals surface area contributed by atoms with E-state index in [9.17, 15) is 14.4 Å². The molecule has 0 saturated carbocycles. The van der Waals surface area contributed by atoms with Crippen molar-refractivity contribution in [3.63, 3.8) is 0 Å². The van der Waals surface area contributed by atoms with Crippen molar-refractivity contribution in [2.45, 2.75) is 24.5 Å². The van der Waals surface area contributed by atoms with E-state index in [1.165, 1.54) is 4.90 Å². The van der Waals surface area contributed by atoms with Gasteiger partial charge >= 0.3 is 0 Å². The van der Waals surface area contributed by atoms with Gasteiger partial charge in [-0.15, -0.1) is 0 Å². The Balaban J connectivity index is 1.29. The summed E-state index contributed by atoms with van der Waals surface area (Å²) >= 11 is 0. The molecule has 4 atom stereocenters. The van der Waals surface area contributed by atoms with Crippen LogP contribution < -0.4 is 20.1 Å². The van der Waals surface area contributed by atoms with Gasteiger partial charge in [0.15, 0.2) is 11.5 Å². The predicted octanol–water partition coefficient (Wildman–Crippen LogP) is 2.58. The highest BCUT2D eigenvalue weighted by atomic mass is 16.7. The Labute approximate surface area is 207 Å². The van der Waals surface area contributed by atoms with E-state index in [-0.39, 0.29) is 37.1 Å². The predicted molar refractivity (Wildman–Crippen MR) is 129 cm³/mol. The van der Waals surface area contributed by atoms with Crippen LogP contribution in [0.25, 0.3) is 0 Å². The van der Waals surface area contributed by atoms with Crippen LogP contribution in [0, 0.1) is 11.8 Å². The lowest BCUT2D eigenvalue weighted by atomic mass is 9.76. The zero-order valence-corrected chi connectivity index (χ0v) is 19.3. The van der Waals surface area contributed by atoms with Crippen LogP contribution in [0.5, 0.6) is 11.5 Å². The maximum atomic E-state index is 14.0. The highest BCUT2D eigenvalue weighted by molar-refractivity contribution is 6.15. The number of imide groups is 1. The van der Waals surface area contributed by atoms with Gasteiger partial charge in [0.25, 0.3) is 0 Å². The van der Waals surface area contributed by atoms with Gasteiger partial charge < -0.3 is 14.8 Å². The van der Waals surface area contributed by atoms with Crippen molar-refractivity contribution in [1.82, 2.24) is 10.2 Å². The number of rotatable bonds is 4. The molecule has 8 nitrogen and oxygen atoms in total. The molecule has 0 bridgehead atoms. The van der Waals surface area contributed by atoms with E-state index >= 15 is 0 Å². The number of fused-ring (bicyclic) bond motifs is 5. The van der Waals surface area contributed by atoms with Crippen molar-refractivity contribution in [3.8, 4) is 11.5 Å². The molecule has 4 heterocycles. The number of ether oxygens (including phenoxy) is 2. The molecular weight excluding hydrogens is 458 g/mol. The number of anilines is 1. The molecule has 8 heteroatoms. The second-order valence-corrected chi connectivity index (χ2v) is 9.70. The average Bonchev–Trinajstić information content (AvgIpc) is 3.62. The van der Waals surface area contributed by atoms with Crippen LogP contribution in [-0.4, -0.2) is 35.5 Å². The first-order chi connectivity index (χ1) is 17.6. The number of nitrogens with zero attached hydrogens (tertiary/aromatic N) is 1. The molecule has 3 aromatic rings. The summed E-state index contributed by atoms with van der Waals surface area (Å²) in [5.74, 6) is -1.15. The minimum atomic E-state index is -1.29. The van der Waals surface area contributed by atoms with Gasteiger partial charge in [-0.05, 0) is 35.7 Å². The Bertz CT molecular complexity index is 1420. The maximum absolute atomic E-state index is 14.0. The monoisotopic (exact) mass is 481 g/mol. The number of nitrogens with one attached hydrogen (secondary N) is 2. The Morgan fingerprint density at radius 2 is 1.64 bits per heavy atom. The van der Waals surface area contributed by atoms with Crippen LogP contribution in [0.2, 0.25) is 0 Å². The fraction of sp³-hybridized carbons (Fsp3) is 0.250. The number of benzene rings is 3. The van der Waals surface area contributed by atoms with Crippen LogP contribution in [0.15, 0.2) is 72.8 Å². The smallest absolute Gasteiger partial charge is 0.250 e. The van der Waals surface area contributed by atoms with Crippen LogP contribution in [0.4, 0.5) is 5.69 Å². The third-order valence-corrected chi connectivity index (χ3v) is 7.79. The lowest BCUT2D eigenvalue weighted by Crippen LogP contribution is -2.53. The highest BCUT2D eigenvalue weighted by Gasteiger charge is 2.70. The molecule has 2 saturated heterocycles. The first-order valence-electron chi connectivity index (χ1n) is 12.0. The average molecular weight is 482 g/mol. The summed E-state index contributed by atoms with van der Waals surface area (Å²) in [5.41, 5.74) is 1.89. The molecule has 1 spiro atoms. The van der Waals surface area contributed by atoms with Gasteiger partial charge in [0.1, 0.15) is 5.54 Å². The van der Waals surface area contributed by atoms with Gasteiger partial charge in [0.05, 0.1) is 18.4 Å². The van der Waals surface area contributed by atoms with E-state index in [0.29, 0.717) is 29.2 Å². The van der Waals surface area contributed by atoms with E-state index in [4.69, 9.17) is 9.47 Å². The summed E-state index contributed by atoms with van der Waals surface area (Å²) in [7, 11) is 0. The molecule has 3 aromatic carbocycles. The summed E-state index contributed by atoms with van der Waals surface area (Å²) in [6.45, 7) is 0.257. The van der Waals surface area contributed by atoms with Gasteiger partial charge in [-0.2, -0.15) is 0 Å². The van der Waals surface area contributed by atoms with Crippen molar-refractivity contribution < 1.29 is 23.9 Å². The summed E-state index contributed by atoms with van der Waals surface area (Å²) in [4.78, 5) is 42.7. The number of carbonyl (C=O) groups excluding carboxylic acids is 3. The first kappa shape index (κ1) is 21.1. The van der Waals surface area contributed by atoms with Crippen LogP contribution in [0.1, 0.15) is 16.7 Å². The molecule has 2 N–H and O–H groups in total. The molecule has 4 aliphatic rings. The van der Waals surface area contributed by atoms with Gasteiger partial charge in [0, 0.05) is 17.3 Å². The fourth-order valence-corrected chi connectivity index (χ4v) is 6.24. The number of hydrogen-bond donors (Lipinski definition) is 2. The molecule has 0 aromatic heterocycles. The maximum Gasteiger partial charge on any atom is 0.250 e. The summed E-state index contributed by atoms with van der Waals surface area (Å²) in [6.07, 6.45) is 0.524. The fourth-order valence-electron chi connectivity index (χ4n) is 6.24. The molecule has 4 unspecified atom stereocenters. The van der Waals surface area contributed by atoms with E-state index in [2.05, 4.69) is 10.6 Å². The third kappa shape index (κ3) is 2.88. The van der Waals surface area contributed by atoms with Gasteiger partial charge in [-0.3, -0.25) is 24.6 Å². The zero-order chi connectivity index (χ0) is 24.4. The molecule has 180 valence electrons. The quantitative estimate of drug-likeness (QED) is 0.556. The topological polar surface area (TPSA) is 97.0 Å². The lowest BCUT2D eigenvalue weighted by Gasteiger charge is -2.29. The van der Waals surface area contributed by atoms with E-state index < -0.39 is 17.4 Å². The number of para-hydroxylation sites is 1. The Hall–Kier alpha value is -4.17. The normalized spacial score (nSPS) is 27.5. The third-order valence-electron chi connectivity index (χ3n) is 7.79. The standard InChI is InChI=1S/C28H23N3O5/c32-25-23-20(12-16-6-2-1-3-7-16)30-28(18-8-4-5-9-19(18)29-27(28)34)24(23)26(33)31(25)14-17-10-11-21-22(13-17)36-15-35-21/h1-11,13,20,23-24,30H,12,14-15H2,(H,29,34). The Kier molecular flexibility index (Phi) is 4.50. The number of likely N-dealkylation sites (tertiary alicyclic amines) is 1. The van der Waals surface area contributed by atoms with Gasteiger partial charge in [0.2, 0.25) is 24.5 Å². The van der Waals surface area contributed by atoms with Crippen LogP contribution in [-0.2, 0) is 32.9 Å². The van der Waals surface area contributed by atoms with Gasteiger partial charge in [-0.25, -0.2) is 0 Å². The molecule has 3 amide bonds. The Morgan fingerprint density at radius 1 is 0.861 bits per heavy atom. The number of hydrogen-bond acceptors (Lipinski definition) is 6. The Morgan fingerprint density at radius 3 is 2.50 bits per heavy atom.